The first-order valence-corrected chi connectivity index (χ1v) is 12.7. The summed E-state index contributed by atoms with van der Waals surface area (Å²) in [5, 5.41) is 15.4. The number of hydrogen-bond acceptors (Lipinski definition) is 5. The van der Waals surface area contributed by atoms with Gasteiger partial charge in [-0.1, -0.05) is 27.2 Å². The first-order chi connectivity index (χ1) is 16.8. The van der Waals surface area contributed by atoms with Crippen LogP contribution < -0.4 is 20.1 Å². The summed E-state index contributed by atoms with van der Waals surface area (Å²) in [6, 6.07) is 2.12. The number of carboxylic acids is 1. The quantitative estimate of drug-likeness (QED) is 0.484. The number of methoxy groups -OCH3 is 1. The van der Waals surface area contributed by atoms with E-state index in [2.05, 4.69) is 10.6 Å². The molecule has 2 aliphatic rings. The monoisotopic (exact) mass is 506 g/mol. The van der Waals surface area contributed by atoms with E-state index in [1.807, 2.05) is 20.8 Å². The van der Waals surface area contributed by atoms with Gasteiger partial charge in [-0.2, -0.15) is 0 Å². The van der Waals surface area contributed by atoms with E-state index < -0.39 is 23.1 Å². The maximum absolute atomic E-state index is 14.8. The fourth-order valence-electron chi connectivity index (χ4n) is 4.89. The third kappa shape index (κ3) is 6.68. The normalized spacial score (nSPS) is 26.2. The van der Waals surface area contributed by atoms with Crippen LogP contribution in [0.5, 0.6) is 11.5 Å². The molecule has 0 spiro atoms. The van der Waals surface area contributed by atoms with Crippen LogP contribution >= 0.6 is 0 Å². The molecule has 200 valence electrons. The number of ether oxygens (including phenoxy) is 2. The molecule has 36 heavy (non-hydrogen) atoms. The Hall–Kier alpha value is -2.84. The zero-order chi connectivity index (χ0) is 26.7. The molecule has 0 aliphatic heterocycles. The lowest BCUT2D eigenvalue weighted by Crippen LogP contribution is -2.45. The van der Waals surface area contributed by atoms with Crippen LogP contribution in [-0.4, -0.2) is 48.7 Å². The number of rotatable bonds is 8. The summed E-state index contributed by atoms with van der Waals surface area (Å²) in [7, 11) is 1.36. The topological polar surface area (TPSA) is 114 Å². The molecule has 0 saturated heterocycles. The minimum Gasteiger partial charge on any atom is -0.496 e. The lowest BCUT2D eigenvalue weighted by molar-refractivity contribution is -0.150. The number of amides is 2. The van der Waals surface area contributed by atoms with Crippen molar-refractivity contribution < 1.29 is 33.4 Å². The Labute approximate surface area is 212 Å². The van der Waals surface area contributed by atoms with Crippen molar-refractivity contribution in [3.05, 3.63) is 23.5 Å². The zero-order valence-corrected chi connectivity index (χ0v) is 21.9. The highest BCUT2D eigenvalue weighted by atomic mass is 19.1. The van der Waals surface area contributed by atoms with E-state index >= 15 is 0 Å². The van der Waals surface area contributed by atoms with Gasteiger partial charge in [-0.25, -0.2) is 4.39 Å². The van der Waals surface area contributed by atoms with Gasteiger partial charge in [0.1, 0.15) is 5.75 Å². The second kappa shape index (κ2) is 11.0. The second-order valence-electron chi connectivity index (χ2n) is 11.6. The van der Waals surface area contributed by atoms with E-state index in [1.54, 1.807) is 6.92 Å². The molecule has 2 atom stereocenters. The molecule has 1 aromatic carbocycles. The Morgan fingerprint density at radius 3 is 2.36 bits per heavy atom. The van der Waals surface area contributed by atoms with E-state index in [0.717, 1.165) is 12.5 Å². The van der Waals surface area contributed by atoms with Gasteiger partial charge < -0.3 is 25.2 Å². The highest BCUT2D eigenvalue weighted by Gasteiger charge is 2.39. The number of aliphatic carboxylic acids is 1. The fraction of sp³-hybridized carbons (Fsp3) is 0.667. The Kier molecular flexibility index (Phi) is 8.52. The molecule has 8 nitrogen and oxygen atoms in total. The number of carbonyl (C=O) groups is 3. The average molecular weight is 507 g/mol. The van der Waals surface area contributed by atoms with E-state index in [-0.39, 0.29) is 46.4 Å². The molecule has 0 unspecified atom stereocenters. The average Bonchev–Trinajstić information content (AvgIpc) is 3.27. The fourth-order valence-corrected chi connectivity index (χ4v) is 4.89. The molecule has 1 aromatic rings. The van der Waals surface area contributed by atoms with Crippen molar-refractivity contribution in [2.45, 2.75) is 84.8 Å². The van der Waals surface area contributed by atoms with Crippen LogP contribution in [0, 0.1) is 22.6 Å². The van der Waals surface area contributed by atoms with Crippen molar-refractivity contribution >= 4 is 17.8 Å². The number of halogens is 1. The maximum Gasteiger partial charge on any atom is 0.309 e. The van der Waals surface area contributed by atoms with Crippen molar-refractivity contribution in [3.63, 3.8) is 0 Å². The molecule has 0 aromatic heterocycles. The molecule has 0 heterocycles. The lowest BCUT2D eigenvalue weighted by atomic mass is 9.75. The van der Waals surface area contributed by atoms with Gasteiger partial charge in [0, 0.05) is 18.7 Å². The smallest absolute Gasteiger partial charge is 0.309 e. The van der Waals surface area contributed by atoms with Crippen LogP contribution in [0.15, 0.2) is 12.1 Å². The van der Waals surface area contributed by atoms with Gasteiger partial charge >= 0.3 is 5.97 Å². The number of benzene rings is 1. The third-order valence-electron chi connectivity index (χ3n) is 7.31. The van der Waals surface area contributed by atoms with Gasteiger partial charge in [0.05, 0.1) is 30.1 Å². The summed E-state index contributed by atoms with van der Waals surface area (Å²) < 4.78 is 25.9. The maximum atomic E-state index is 14.8. The predicted molar refractivity (Wildman–Crippen MR) is 133 cm³/mol. The van der Waals surface area contributed by atoms with Gasteiger partial charge in [-0.3, -0.25) is 14.4 Å². The molecule has 3 rings (SSSR count). The van der Waals surface area contributed by atoms with Crippen LogP contribution in [-0.2, 0) is 9.59 Å². The number of carboxylic acid groups (broad SMARTS) is 1. The summed E-state index contributed by atoms with van der Waals surface area (Å²) >= 11 is 0. The standard InChI is InChI=1S/C27H39FN2O6/c1-26(2,3)15-29-23(31)17-7-6-8-20(17)30-24(32)18-13-22(19(28)14-21(18)35-5)36-16-9-11-27(4,12-10-16)25(33)34/h13-14,16-17,20H,6-12,15H2,1-5H3,(H,29,31)(H,30,32)(H,33,34)/t16?,17-,20+,27?/m0/s1. The van der Waals surface area contributed by atoms with Gasteiger partial charge in [-0.05, 0) is 56.9 Å². The minimum absolute atomic E-state index is 0.0462. The van der Waals surface area contributed by atoms with E-state index in [1.165, 1.54) is 13.2 Å². The Morgan fingerprint density at radius 1 is 1.11 bits per heavy atom. The highest BCUT2D eigenvalue weighted by molar-refractivity contribution is 5.98. The van der Waals surface area contributed by atoms with E-state index in [4.69, 9.17) is 9.47 Å². The summed E-state index contributed by atoms with van der Waals surface area (Å²) in [4.78, 5) is 37.5. The van der Waals surface area contributed by atoms with Gasteiger partial charge in [0.15, 0.2) is 11.6 Å². The highest BCUT2D eigenvalue weighted by Crippen LogP contribution is 2.38. The zero-order valence-electron chi connectivity index (χ0n) is 21.9. The second-order valence-corrected chi connectivity index (χ2v) is 11.6. The molecule has 2 amide bonds. The third-order valence-corrected chi connectivity index (χ3v) is 7.31. The number of nitrogens with one attached hydrogen (secondary N) is 2. The van der Waals surface area contributed by atoms with Crippen molar-refractivity contribution in [2.24, 2.45) is 16.7 Å². The van der Waals surface area contributed by atoms with Crippen LogP contribution in [0.4, 0.5) is 4.39 Å². The first-order valence-electron chi connectivity index (χ1n) is 12.7. The molecular formula is C27H39FN2O6. The summed E-state index contributed by atoms with van der Waals surface area (Å²) in [5.41, 5.74) is -0.726. The molecule has 2 aliphatic carbocycles. The lowest BCUT2D eigenvalue weighted by Gasteiger charge is -2.34. The summed E-state index contributed by atoms with van der Waals surface area (Å²) in [6.45, 7) is 8.38. The van der Waals surface area contributed by atoms with Crippen molar-refractivity contribution in [1.29, 1.82) is 0 Å². The minimum atomic E-state index is -0.840. The van der Waals surface area contributed by atoms with Gasteiger partial charge in [0.25, 0.3) is 5.91 Å². The molecule has 3 N–H and O–H groups in total. The first kappa shape index (κ1) is 27.7. The van der Waals surface area contributed by atoms with Crippen LogP contribution in [0.25, 0.3) is 0 Å². The SMILES string of the molecule is COc1cc(F)c(OC2CCC(C)(C(=O)O)CC2)cc1C(=O)N[C@@H]1CCC[C@@H]1C(=O)NCC(C)(C)C. The van der Waals surface area contributed by atoms with Crippen LogP contribution in [0.3, 0.4) is 0 Å². The number of carbonyl (C=O) groups excluding carboxylic acids is 2. The molecule has 0 radical (unpaired) electrons. The van der Waals surface area contributed by atoms with E-state index in [9.17, 15) is 23.9 Å². The van der Waals surface area contributed by atoms with Crippen molar-refractivity contribution in [2.75, 3.05) is 13.7 Å². The number of hydrogen-bond donors (Lipinski definition) is 3. The van der Waals surface area contributed by atoms with Gasteiger partial charge in [-0.15, -0.1) is 0 Å². The van der Waals surface area contributed by atoms with Crippen molar-refractivity contribution in [3.8, 4) is 11.5 Å². The molecule has 9 heteroatoms. The summed E-state index contributed by atoms with van der Waals surface area (Å²) in [5.74, 6) is -2.36. The Morgan fingerprint density at radius 2 is 1.78 bits per heavy atom. The Bertz CT molecular complexity index is 981. The van der Waals surface area contributed by atoms with Crippen LogP contribution in [0.1, 0.15) is 83.0 Å². The van der Waals surface area contributed by atoms with Crippen molar-refractivity contribution in [1.82, 2.24) is 10.6 Å². The molecule has 0 bridgehead atoms. The molecule has 2 saturated carbocycles. The summed E-state index contributed by atoms with van der Waals surface area (Å²) in [6.07, 6.45) is 3.65. The van der Waals surface area contributed by atoms with E-state index in [0.29, 0.717) is 45.1 Å². The Balaban J connectivity index is 1.70. The van der Waals surface area contributed by atoms with Crippen LogP contribution in [0.2, 0.25) is 0 Å². The van der Waals surface area contributed by atoms with Gasteiger partial charge in [0.2, 0.25) is 5.91 Å². The predicted octanol–water partition coefficient (Wildman–Crippen LogP) is 4.31. The molecular weight excluding hydrogens is 467 g/mol. The largest absolute Gasteiger partial charge is 0.496 e. The molecule has 2 fully saturated rings.